The maximum absolute atomic E-state index is 11.9. The summed E-state index contributed by atoms with van der Waals surface area (Å²) in [5.74, 6) is -0.680. The molecule has 0 aliphatic carbocycles. The molecule has 2 N–H and O–H groups in total. The first-order chi connectivity index (χ1) is 6.83. The zero-order valence-electron chi connectivity index (χ0n) is 7.14. The largest absolute Gasteiger partial charge is 0.573 e. The van der Waals surface area contributed by atoms with Gasteiger partial charge < -0.3 is 10.5 Å². The molecule has 0 atom stereocenters. The molecule has 0 heterocycles. The van der Waals surface area contributed by atoms with E-state index >= 15 is 0 Å². The second-order valence-electron chi connectivity index (χ2n) is 2.58. The van der Waals surface area contributed by atoms with E-state index in [9.17, 15) is 18.0 Å². The summed E-state index contributed by atoms with van der Waals surface area (Å²) >= 11 is 2.99. The molecule has 0 aliphatic heterocycles. The molecule has 0 radical (unpaired) electrons. The molecule has 0 aliphatic rings. The van der Waals surface area contributed by atoms with Crippen LogP contribution in [0.5, 0.6) is 5.75 Å². The highest BCUT2D eigenvalue weighted by atomic mass is 79.9. The van der Waals surface area contributed by atoms with Gasteiger partial charge in [0, 0.05) is 4.47 Å². The zero-order chi connectivity index (χ0) is 11.6. The van der Waals surface area contributed by atoms with Crippen molar-refractivity contribution in [3.05, 3.63) is 22.2 Å². The van der Waals surface area contributed by atoms with Crippen LogP contribution in [-0.2, 0) is 0 Å². The fourth-order valence-corrected chi connectivity index (χ4v) is 1.45. The number of carbonyl (C=O) groups is 1. The first kappa shape index (κ1) is 11.8. The zero-order valence-corrected chi connectivity index (χ0v) is 8.72. The molecule has 7 heteroatoms. The van der Waals surface area contributed by atoms with Crippen LogP contribution in [0.25, 0.3) is 0 Å². The van der Waals surface area contributed by atoms with Gasteiger partial charge in [-0.05, 0) is 12.1 Å². The van der Waals surface area contributed by atoms with Gasteiger partial charge in [0.15, 0.2) is 12.0 Å². The second-order valence-corrected chi connectivity index (χ2v) is 3.49. The minimum atomic E-state index is -4.88. The minimum absolute atomic E-state index is 0.238. The molecule has 15 heavy (non-hydrogen) atoms. The second kappa shape index (κ2) is 4.09. The predicted octanol–water partition coefficient (Wildman–Crippen LogP) is 2.74. The Hall–Kier alpha value is -1.24. The number of nitrogens with two attached hydrogens (primary N) is 1. The number of anilines is 1. The van der Waals surface area contributed by atoms with Crippen LogP contribution in [0.15, 0.2) is 16.6 Å². The van der Waals surface area contributed by atoms with Gasteiger partial charge in [-0.15, -0.1) is 13.2 Å². The summed E-state index contributed by atoms with van der Waals surface area (Å²) in [4.78, 5) is 10.5. The van der Waals surface area contributed by atoms with Crippen LogP contribution in [-0.4, -0.2) is 12.6 Å². The van der Waals surface area contributed by atoms with Crippen molar-refractivity contribution in [3.8, 4) is 5.75 Å². The number of ether oxygens (including phenoxy) is 1. The number of carbonyl (C=O) groups excluding carboxylic acids is 1. The maximum atomic E-state index is 11.9. The quantitative estimate of drug-likeness (QED) is 0.671. The van der Waals surface area contributed by atoms with Gasteiger partial charge in [0.2, 0.25) is 0 Å². The fraction of sp³-hybridized carbons (Fsp3) is 0.125. The molecule has 0 unspecified atom stereocenters. The third-order valence-electron chi connectivity index (χ3n) is 1.46. The Kier molecular flexibility index (Phi) is 3.23. The van der Waals surface area contributed by atoms with Crippen LogP contribution in [0.3, 0.4) is 0 Å². The molecule has 0 amide bonds. The van der Waals surface area contributed by atoms with Crippen LogP contribution < -0.4 is 10.5 Å². The van der Waals surface area contributed by atoms with E-state index in [0.717, 1.165) is 0 Å². The number of rotatable bonds is 2. The lowest BCUT2D eigenvalue weighted by Gasteiger charge is -2.13. The van der Waals surface area contributed by atoms with Crippen molar-refractivity contribution in [2.24, 2.45) is 0 Å². The third kappa shape index (κ3) is 3.12. The summed E-state index contributed by atoms with van der Waals surface area (Å²) in [6.45, 7) is 0. The van der Waals surface area contributed by atoms with E-state index in [1.807, 2.05) is 0 Å². The summed E-state index contributed by atoms with van der Waals surface area (Å²) in [7, 11) is 0. The van der Waals surface area contributed by atoms with E-state index in [1.165, 1.54) is 12.1 Å². The van der Waals surface area contributed by atoms with E-state index in [0.29, 0.717) is 4.47 Å². The van der Waals surface area contributed by atoms with Crippen LogP contribution in [0, 0.1) is 0 Å². The van der Waals surface area contributed by atoms with E-state index in [1.54, 1.807) is 0 Å². The average molecular weight is 284 g/mol. The molecule has 0 spiro atoms. The number of benzene rings is 1. The number of nitrogen functional groups attached to an aromatic ring is 1. The molecular formula is C8H5BrF3NO2. The highest BCUT2D eigenvalue weighted by Crippen LogP contribution is 2.33. The third-order valence-corrected chi connectivity index (χ3v) is 1.91. The van der Waals surface area contributed by atoms with Gasteiger partial charge in [-0.3, -0.25) is 4.79 Å². The van der Waals surface area contributed by atoms with Crippen molar-refractivity contribution < 1.29 is 22.7 Å². The van der Waals surface area contributed by atoms with Gasteiger partial charge in [0.1, 0.15) is 0 Å². The monoisotopic (exact) mass is 283 g/mol. The summed E-state index contributed by atoms with van der Waals surface area (Å²) in [5, 5.41) is 0. The topological polar surface area (TPSA) is 52.3 Å². The van der Waals surface area contributed by atoms with Crippen molar-refractivity contribution in [3.63, 3.8) is 0 Å². The lowest BCUT2D eigenvalue weighted by molar-refractivity contribution is -0.274. The lowest BCUT2D eigenvalue weighted by atomic mass is 10.2. The van der Waals surface area contributed by atoms with Crippen molar-refractivity contribution in [1.29, 1.82) is 0 Å². The van der Waals surface area contributed by atoms with Crippen LogP contribution in [0.1, 0.15) is 10.4 Å². The molecule has 0 saturated heterocycles. The van der Waals surface area contributed by atoms with E-state index in [-0.39, 0.29) is 17.5 Å². The average Bonchev–Trinajstić information content (AvgIpc) is 2.07. The van der Waals surface area contributed by atoms with Gasteiger partial charge in [0.05, 0.1) is 11.3 Å². The molecule has 0 aromatic heterocycles. The van der Waals surface area contributed by atoms with Gasteiger partial charge in [-0.25, -0.2) is 0 Å². The first-order valence-electron chi connectivity index (χ1n) is 3.63. The predicted molar refractivity (Wildman–Crippen MR) is 50.6 cm³/mol. The van der Waals surface area contributed by atoms with E-state index in [4.69, 9.17) is 5.73 Å². The maximum Gasteiger partial charge on any atom is 0.573 e. The summed E-state index contributed by atoms with van der Waals surface area (Å²) in [6.07, 6.45) is -4.64. The Balaban J connectivity index is 3.21. The molecule has 1 rings (SSSR count). The number of aldehydes is 1. The van der Waals surface area contributed by atoms with Crippen molar-refractivity contribution in [2.75, 3.05) is 5.73 Å². The minimum Gasteiger partial charge on any atom is -0.403 e. The van der Waals surface area contributed by atoms with E-state index in [2.05, 4.69) is 20.7 Å². The van der Waals surface area contributed by atoms with Crippen LogP contribution in [0.4, 0.5) is 18.9 Å². The van der Waals surface area contributed by atoms with Gasteiger partial charge in [0.25, 0.3) is 0 Å². The molecule has 1 aromatic rings. The van der Waals surface area contributed by atoms with E-state index < -0.39 is 12.1 Å². The number of alkyl halides is 3. The highest BCUT2D eigenvalue weighted by molar-refractivity contribution is 9.10. The Bertz CT molecular complexity index is 392. The number of hydrogen-bond acceptors (Lipinski definition) is 3. The Morgan fingerprint density at radius 1 is 1.40 bits per heavy atom. The standard InChI is InChI=1S/C8H5BrF3NO2/c9-5-1-4(3-14)7(6(13)2-5)15-8(10,11)12/h1-3H,13H2. The fourth-order valence-electron chi connectivity index (χ4n) is 0.958. The van der Waals surface area contributed by atoms with Crippen LogP contribution >= 0.6 is 15.9 Å². The normalized spacial score (nSPS) is 11.2. The molecule has 0 fully saturated rings. The molecule has 0 bridgehead atoms. The highest BCUT2D eigenvalue weighted by Gasteiger charge is 2.33. The lowest BCUT2D eigenvalue weighted by Crippen LogP contribution is -2.19. The van der Waals surface area contributed by atoms with Gasteiger partial charge in [-0.1, -0.05) is 15.9 Å². The van der Waals surface area contributed by atoms with Gasteiger partial charge in [-0.2, -0.15) is 0 Å². The molecule has 0 saturated carbocycles. The first-order valence-corrected chi connectivity index (χ1v) is 4.42. The SMILES string of the molecule is Nc1cc(Br)cc(C=O)c1OC(F)(F)F. The Morgan fingerprint density at radius 2 is 2.00 bits per heavy atom. The van der Waals surface area contributed by atoms with Crippen molar-refractivity contribution >= 4 is 27.9 Å². The molecule has 3 nitrogen and oxygen atoms in total. The summed E-state index contributed by atoms with van der Waals surface area (Å²) < 4.78 is 39.8. The Labute approximate surface area is 91.1 Å². The smallest absolute Gasteiger partial charge is 0.403 e. The summed E-state index contributed by atoms with van der Waals surface area (Å²) in [5.41, 5.74) is 4.77. The Morgan fingerprint density at radius 3 is 2.47 bits per heavy atom. The molecule has 82 valence electrons. The van der Waals surface area contributed by atoms with Gasteiger partial charge >= 0.3 is 6.36 Å². The van der Waals surface area contributed by atoms with Crippen LogP contribution in [0.2, 0.25) is 0 Å². The van der Waals surface area contributed by atoms with Crippen molar-refractivity contribution in [2.45, 2.75) is 6.36 Å². The summed E-state index contributed by atoms with van der Waals surface area (Å²) in [6, 6.07) is 2.40. The number of hydrogen-bond donors (Lipinski definition) is 1. The molecule has 1 aromatic carbocycles. The molecular weight excluding hydrogens is 279 g/mol. The number of halogens is 4. The van der Waals surface area contributed by atoms with Crippen molar-refractivity contribution in [1.82, 2.24) is 0 Å².